The number of nitrogens with one attached hydrogen (secondary N) is 2. The second-order valence-corrected chi connectivity index (χ2v) is 8.13. The summed E-state index contributed by atoms with van der Waals surface area (Å²) < 4.78 is 61.0. The predicted octanol–water partition coefficient (Wildman–Crippen LogP) is 6.12. The molecule has 1 amide bonds. The molecule has 0 saturated heterocycles. The van der Waals surface area contributed by atoms with Gasteiger partial charge in [0.2, 0.25) is 0 Å². The van der Waals surface area contributed by atoms with Crippen LogP contribution in [0, 0.1) is 12.8 Å². The molecule has 0 spiro atoms. The summed E-state index contributed by atoms with van der Waals surface area (Å²) in [4.78, 5) is 16.4. The Morgan fingerprint density at radius 2 is 1.93 bits per heavy atom. The quantitative estimate of drug-likeness (QED) is 0.562. The molecule has 4 nitrogen and oxygen atoms in total. The van der Waals surface area contributed by atoms with Crippen LogP contribution in [0.5, 0.6) is 0 Å². The van der Waals surface area contributed by atoms with Gasteiger partial charge in [0.05, 0.1) is 38.8 Å². The van der Waals surface area contributed by atoms with Gasteiger partial charge in [0.25, 0.3) is 5.91 Å². The molecule has 1 fully saturated rings. The largest absolute Gasteiger partial charge is 0.416 e. The average molecular weight is 463 g/mol. The first kappa shape index (κ1) is 18.8. The molecule has 0 aliphatic heterocycles. The van der Waals surface area contributed by atoms with Crippen LogP contribution in [0.4, 0.5) is 18.9 Å². The Morgan fingerprint density at radius 1 is 1.20 bits per heavy atom. The third kappa shape index (κ3) is 5.79. The number of hydrogen-bond donors (Lipinski definition) is 2. The smallest absolute Gasteiger partial charge is 0.383 e. The number of aryl methyl sites for hydroxylation is 1. The van der Waals surface area contributed by atoms with Crippen LogP contribution in [0.2, 0.25) is 10.0 Å². The number of halogens is 5. The first-order valence-corrected chi connectivity index (χ1v) is 10.2. The molecule has 1 aliphatic carbocycles. The zero-order valence-electron chi connectivity index (χ0n) is 18.8. The topological polar surface area (TPSA) is 54.0 Å². The van der Waals surface area contributed by atoms with Crippen molar-refractivity contribution < 1.29 is 22.1 Å². The molecule has 9 heteroatoms. The number of carbonyl (C=O) groups excluding carboxylic acids is 1. The highest BCUT2D eigenvalue weighted by Gasteiger charge is 2.32. The highest BCUT2D eigenvalue weighted by atomic mass is 35.5. The molecule has 0 radical (unpaired) electrons. The van der Waals surface area contributed by atoms with Crippen molar-refractivity contribution in [2.24, 2.45) is 5.92 Å². The van der Waals surface area contributed by atoms with Crippen LogP contribution in [0.1, 0.15) is 51.4 Å². The molecule has 162 valence electrons. The Balaban J connectivity index is 1.51. The summed E-state index contributed by atoms with van der Waals surface area (Å²) in [6, 6.07) is 4.06. The maximum Gasteiger partial charge on any atom is 0.416 e. The van der Waals surface area contributed by atoms with E-state index in [4.69, 9.17) is 27.3 Å². The molecule has 1 aromatic carbocycles. The minimum atomic E-state index is -4.56. The van der Waals surface area contributed by atoms with Crippen LogP contribution >= 0.6 is 23.2 Å². The summed E-state index contributed by atoms with van der Waals surface area (Å²) in [5, 5.41) is 6.02. The lowest BCUT2D eigenvalue weighted by atomic mass is 9.86. The van der Waals surface area contributed by atoms with Crippen LogP contribution in [0.15, 0.2) is 30.5 Å². The molecule has 2 N–H and O–H groups in total. The van der Waals surface area contributed by atoms with E-state index < -0.39 is 24.5 Å². The van der Waals surface area contributed by atoms with Crippen molar-refractivity contribution in [1.29, 1.82) is 0 Å². The molecule has 1 heterocycles. The number of anilines is 1. The lowest BCUT2D eigenvalue weighted by Crippen LogP contribution is -2.38. The van der Waals surface area contributed by atoms with E-state index in [0.717, 1.165) is 31.0 Å². The van der Waals surface area contributed by atoms with Crippen LogP contribution in [0.3, 0.4) is 0 Å². The van der Waals surface area contributed by atoms with Gasteiger partial charge in [0.1, 0.15) is 0 Å². The molecule has 0 bridgehead atoms. The first-order chi connectivity index (χ1) is 15.3. The van der Waals surface area contributed by atoms with Gasteiger partial charge in [0, 0.05) is 16.7 Å². The van der Waals surface area contributed by atoms with Gasteiger partial charge in [-0.15, -0.1) is 0 Å². The number of hydrogen-bond acceptors (Lipinski definition) is 3. The number of nitrogens with zero attached hydrogens (tertiary/aromatic N) is 1. The van der Waals surface area contributed by atoms with Crippen molar-refractivity contribution in [3.63, 3.8) is 0 Å². The zero-order chi connectivity index (χ0) is 24.4. The van der Waals surface area contributed by atoms with E-state index in [0.29, 0.717) is 31.0 Å². The van der Waals surface area contributed by atoms with E-state index >= 15 is 0 Å². The second kappa shape index (κ2) is 9.43. The summed E-state index contributed by atoms with van der Waals surface area (Å²) in [6.07, 6.45) is -0.196. The van der Waals surface area contributed by atoms with Crippen molar-refractivity contribution >= 4 is 34.8 Å². The van der Waals surface area contributed by atoms with Crippen molar-refractivity contribution in [3.8, 4) is 0 Å². The molecular formula is C21H22Cl2F3N3O. The van der Waals surface area contributed by atoms with Gasteiger partial charge in [-0.3, -0.25) is 9.78 Å². The summed E-state index contributed by atoms with van der Waals surface area (Å²) in [5.74, 6) is -0.320. The third-order valence-corrected chi connectivity index (χ3v) is 5.77. The highest BCUT2D eigenvalue weighted by Crippen LogP contribution is 2.32. The Kier molecular flexibility index (Phi) is 5.90. The molecule has 3 rings (SSSR count). The standard InChI is InChI=1S/C21H22Cl2F3N3O/c1-12-19(23)9-16(11-27-12)28-10-13-2-5-15(6-3-13)29-20(30)17-8-14(21(24,25)26)4-7-18(17)22/h4,7-9,11,13,15,28H,2-3,5-6,10H2,1H3,(H,29,30)/t13-,15-/i1D3. The average Bonchev–Trinajstić information content (AvgIpc) is 2.71. The van der Waals surface area contributed by atoms with Gasteiger partial charge in [-0.05, 0) is 62.7 Å². The van der Waals surface area contributed by atoms with Gasteiger partial charge in [-0.1, -0.05) is 23.2 Å². The van der Waals surface area contributed by atoms with Crippen LogP contribution in [0.25, 0.3) is 0 Å². The maximum absolute atomic E-state index is 12.9. The summed E-state index contributed by atoms with van der Waals surface area (Å²) >= 11 is 12.0. The molecule has 0 atom stereocenters. The predicted molar refractivity (Wildman–Crippen MR) is 112 cm³/mol. The molecular weight excluding hydrogens is 438 g/mol. The van der Waals surface area contributed by atoms with E-state index in [1.54, 1.807) is 0 Å². The normalized spacial score (nSPS) is 21.3. The highest BCUT2D eigenvalue weighted by molar-refractivity contribution is 6.33. The fourth-order valence-electron chi connectivity index (χ4n) is 3.45. The van der Waals surface area contributed by atoms with E-state index in [1.165, 1.54) is 12.3 Å². The number of benzene rings is 1. The van der Waals surface area contributed by atoms with Crippen molar-refractivity contribution in [3.05, 3.63) is 57.3 Å². The minimum Gasteiger partial charge on any atom is -0.383 e. The number of carbonyl (C=O) groups is 1. The summed E-state index contributed by atoms with van der Waals surface area (Å²) in [6.45, 7) is -1.76. The monoisotopic (exact) mass is 462 g/mol. The van der Waals surface area contributed by atoms with Crippen molar-refractivity contribution in [2.75, 3.05) is 11.9 Å². The fourth-order valence-corrected chi connectivity index (χ4v) is 3.82. The number of rotatable bonds is 5. The lowest BCUT2D eigenvalue weighted by Gasteiger charge is -2.29. The lowest BCUT2D eigenvalue weighted by molar-refractivity contribution is -0.137. The SMILES string of the molecule is [2H]C([2H])([2H])c1ncc(NC[C@H]2CC[C@H](NC(=O)c3cc(C(F)(F)F)ccc3Cl)CC2)cc1Cl. The van der Waals surface area contributed by atoms with E-state index in [-0.39, 0.29) is 27.3 Å². The number of alkyl halides is 3. The van der Waals surface area contributed by atoms with Gasteiger partial charge in [-0.25, -0.2) is 0 Å². The van der Waals surface area contributed by atoms with Crippen LogP contribution in [-0.4, -0.2) is 23.5 Å². The molecule has 0 unspecified atom stereocenters. The molecule has 30 heavy (non-hydrogen) atoms. The summed E-state index contributed by atoms with van der Waals surface area (Å²) in [5.41, 5.74) is -0.650. The van der Waals surface area contributed by atoms with Gasteiger partial charge in [0.15, 0.2) is 0 Å². The van der Waals surface area contributed by atoms with E-state index in [2.05, 4.69) is 15.6 Å². The van der Waals surface area contributed by atoms with E-state index in [1.807, 2.05) is 0 Å². The zero-order valence-corrected chi connectivity index (χ0v) is 17.3. The van der Waals surface area contributed by atoms with Gasteiger partial charge in [-0.2, -0.15) is 13.2 Å². The maximum atomic E-state index is 12.9. The van der Waals surface area contributed by atoms with E-state index in [9.17, 15) is 18.0 Å². The number of amides is 1. The van der Waals surface area contributed by atoms with Crippen molar-refractivity contribution in [2.45, 2.75) is 44.8 Å². The number of aromatic nitrogens is 1. The van der Waals surface area contributed by atoms with Crippen LogP contribution < -0.4 is 10.6 Å². The minimum absolute atomic E-state index is 0.0323. The Labute approximate surface area is 187 Å². The molecule has 2 aromatic rings. The Hall–Kier alpha value is -1.99. The Bertz CT molecular complexity index is 1010. The third-order valence-electron chi connectivity index (χ3n) is 5.16. The fraction of sp³-hybridized carbons (Fsp3) is 0.429. The molecule has 1 saturated carbocycles. The molecule has 1 aliphatic rings. The van der Waals surface area contributed by atoms with Gasteiger partial charge < -0.3 is 10.6 Å². The second-order valence-electron chi connectivity index (χ2n) is 7.32. The first-order valence-electron chi connectivity index (χ1n) is 10.9. The van der Waals surface area contributed by atoms with Crippen LogP contribution in [-0.2, 0) is 6.18 Å². The van der Waals surface area contributed by atoms with Gasteiger partial charge >= 0.3 is 6.18 Å². The molecule has 1 aromatic heterocycles. The Morgan fingerprint density at radius 3 is 2.57 bits per heavy atom. The summed E-state index contributed by atoms with van der Waals surface area (Å²) in [7, 11) is 0. The number of pyridine rings is 1. The van der Waals surface area contributed by atoms with Crippen molar-refractivity contribution in [1.82, 2.24) is 10.3 Å².